The van der Waals surface area contributed by atoms with Crippen LogP contribution in [-0.4, -0.2) is 60.8 Å². The van der Waals surface area contributed by atoms with Gasteiger partial charge in [0.05, 0.1) is 16.4 Å². The topological polar surface area (TPSA) is 113 Å². The molecule has 1 aliphatic heterocycles. The van der Waals surface area contributed by atoms with Crippen molar-refractivity contribution in [3.8, 4) is 5.82 Å². The van der Waals surface area contributed by atoms with Crippen LogP contribution in [0, 0.1) is 13.8 Å². The molecule has 10 heteroatoms. The van der Waals surface area contributed by atoms with Gasteiger partial charge >= 0.3 is 0 Å². The number of thiazole rings is 1. The molecule has 0 saturated carbocycles. The summed E-state index contributed by atoms with van der Waals surface area (Å²) in [6, 6.07) is 15.0. The van der Waals surface area contributed by atoms with Crippen LogP contribution < -0.4 is 5.32 Å². The van der Waals surface area contributed by atoms with E-state index >= 15 is 0 Å². The highest BCUT2D eigenvalue weighted by Crippen LogP contribution is 2.31. The molecule has 0 spiro atoms. The SMILES string of the molecule is Cc1cc(C)n(-c2ncccc2NC(=O)c2csc(C3CCN(C(=O)[C@H](O)Cc4ccccc4)CC3)n2)n1. The summed E-state index contributed by atoms with van der Waals surface area (Å²) in [5, 5.41) is 20.5. The van der Waals surface area contributed by atoms with Crippen molar-refractivity contribution in [3.63, 3.8) is 0 Å². The number of nitrogens with one attached hydrogen (secondary N) is 1. The van der Waals surface area contributed by atoms with Gasteiger partial charge in [-0.2, -0.15) is 5.10 Å². The number of aliphatic hydroxyl groups is 1. The minimum atomic E-state index is -1.05. The number of likely N-dealkylation sites (tertiary alicyclic amines) is 1. The van der Waals surface area contributed by atoms with Crippen molar-refractivity contribution in [2.75, 3.05) is 18.4 Å². The maximum Gasteiger partial charge on any atom is 0.275 e. The van der Waals surface area contributed by atoms with Gasteiger partial charge in [0, 0.05) is 42.7 Å². The number of nitrogens with zero attached hydrogens (tertiary/aromatic N) is 5. The molecular weight excluding hydrogens is 500 g/mol. The van der Waals surface area contributed by atoms with E-state index in [4.69, 9.17) is 0 Å². The van der Waals surface area contributed by atoms with Crippen LogP contribution in [-0.2, 0) is 11.2 Å². The summed E-state index contributed by atoms with van der Waals surface area (Å²) < 4.78 is 1.71. The van der Waals surface area contributed by atoms with E-state index in [2.05, 4.69) is 20.4 Å². The number of aliphatic hydroxyl groups excluding tert-OH is 1. The third-order valence-corrected chi connectivity index (χ3v) is 7.72. The summed E-state index contributed by atoms with van der Waals surface area (Å²) in [5.41, 5.74) is 3.63. The number of carbonyl (C=O) groups excluding carboxylic acids is 2. The zero-order chi connectivity index (χ0) is 26.6. The van der Waals surface area contributed by atoms with Crippen molar-refractivity contribution in [2.45, 2.75) is 45.1 Å². The first kappa shape index (κ1) is 25.7. The highest BCUT2D eigenvalue weighted by atomic mass is 32.1. The zero-order valence-corrected chi connectivity index (χ0v) is 22.2. The highest BCUT2D eigenvalue weighted by molar-refractivity contribution is 7.10. The molecule has 1 saturated heterocycles. The van der Waals surface area contributed by atoms with Crippen molar-refractivity contribution < 1.29 is 14.7 Å². The minimum absolute atomic E-state index is 0.167. The predicted molar refractivity (Wildman–Crippen MR) is 146 cm³/mol. The normalized spacial score (nSPS) is 14.9. The fourth-order valence-corrected chi connectivity index (χ4v) is 5.73. The molecule has 9 nitrogen and oxygen atoms in total. The first-order chi connectivity index (χ1) is 18.4. The average molecular weight is 531 g/mol. The van der Waals surface area contributed by atoms with Gasteiger partial charge in [0.2, 0.25) is 0 Å². The van der Waals surface area contributed by atoms with E-state index in [1.807, 2.05) is 50.2 Å². The molecule has 4 heterocycles. The van der Waals surface area contributed by atoms with Gasteiger partial charge in [-0.1, -0.05) is 30.3 Å². The van der Waals surface area contributed by atoms with Gasteiger partial charge in [-0.25, -0.2) is 14.6 Å². The van der Waals surface area contributed by atoms with E-state index in [-0.39, 0.29) is 17.7 Å². The first-order valence-electron chi connectivity index (χ1n) is 12.6. The fraction of sp³-hybridized carbons (Fsp3) is 0.321. The molecule has 1 fully saturated rings. The number of aryl methyl sites for hydroxylation is 2. The molecule has 1 aromatic carbocycles. The second-order valence-electron chi connectivity index (χ2n) is 9.54. The van der Waals surface area contributed by atoms with E-state index in [9.17, 15) is 14.7 Å². The Morgan fingerprint density at radius 1 is 1.13 bits per heavy atom. The fourth-order valence-electron chi connectivity index (χ4n) is 4.75. The van der Waals surface area contributed by atoms with E-state index < -0.39 is 6.10 Å². The largest absolute Gasteiger partial charge is 0.383 e. The van der Waals surface area contributed by atoms with Crippen LogP contribution in [0.4, 0.5) is 5.69 Å². The number of piperidine rings is 1. The van der Waals surface area contributed by atoms with Gasteiger partial charge in [-0.3, -0.25) is 9.59 Å². The summed E-state index contributed by atoms with van der Waals surface area (Å²) in [7, 11) is 0. The molecule has 1 aliphatic rings. The van der Waals surface area contributed by atoms with Crippen LogP contribution in [0.3, 0.4) is 0 Å². The molecule has 196 valence electrons. The highest BCUT2D eigenvalue weighted by Gasteiger charge is 2.29. The number of hydrogen-bond acceptors (Lipinski definition) is 7. The number of pyridine rings is 1. The molecule has 2 N–H and O–H groups in total. The lowest BCUT2D eigenvalue weighted by Crippen LogP contribution is -2.44. The molecule has 0 aliphatic carbocycles. The Balaban J connectivity index is 1.19. The Hall–Kier alpha value is -3.89. The molecule has 38 heavy (non-hydrogen) atoms. The smallest absolute Gasteiger partial charge is 0.275 e. The second kappa shape index (κ2) is 11.2. The van der Waals surface area contributed by atoms with Gasteiger partial charge in [-0.05, 0) is 50.5 Å². The Kier molecular flexibility index (Phi) is 7.62. The Labute approximate surface area is 225 Å². The van der Waals surface area contributed by atoms with Crippen LogP contribution in [0.25, 0.3) is 5.82 Å². The molecule has 0 bridgehead atoms. The number of aromatic nitrogens is 4. The number of rotatable bonds is 7. The number of benzene rings is 1. The van der Waals surface area contributed by atoms with Crippen molar-refractivity contribution in [3.05, 3.63) is 87.8 Å². The van der Waals surface area contributed by atoms with Crippen LogP contribution in [0.5, 0.6) is 0 Å². The van der Waals surface area contributed by atoms with Gasteiger partial charge in [0.1, 0.15) is 11.8 Å². The molecule has 3 aromatic heterocycles. The van der Waals surface area contributed by atoms with Crippen molar-refractivity contribution >= 4 is 28.8 Å². The van der Waals surface area contributed by atoms with E-state index in [1.165, 1.54) is 11.3 Å². The molecule has 5 rings (SSSR count). The second-order valence-corrected chi connectivity index (χ2v) is 10.4. The lowest BCUT2D eigenvalue weighted by Gasteiger charge is -2.32. The van der Waals surface area contributed by atoms with Gasteiger partial charge < -0.3 is 15.3 Å². The Bertz CT molecular complexity index is 1430. The minimum Gasteiger partial charge on any atom is -0.383 e. The molecule has 2 amide bonds. The zero-order valence-electron chi connectivity index (χ0n) is 21.4. The third-order valence-electron chi connectivity index (χ3n) is 6.71. The molecule has 0 radical (unpaired) electrons. The number of anilines is 1. The first-order valence-corrected chi connectivity index (χ1v) is 13.5. The number of amides is 2. The number of carbonyl (C=O) groups is 2. The predicted octanol–water partition coefficient (Wildman–Crippen LogP) is 3.90. The summed E-state index contributed by atoms with van der Waals surface area (Å²) in [4.78, 5) is 36.6. The van der Waals surface area contributed by atoms with Gasteiger partial charge in [0.25, 0.3) is 11.8 Å². The summed E-state index contributed by atoms with van der Waals surface area (Å²) in [6.45, 7) is 4.96. The standard InChI is InChI=1S/C28H30N6O3S/c1-18-15-19(2)34(32-18)25-22(9-6-12-29-25)30-26(36)23-17-38-27(31-23)21-10-13-33(14-11-21)28(37)24(35)16-20-7-4-3-5-8-20/h3-9,12,15,17,21,24,35H,10-11,13-14,16H2,1-2H3,(H,30,36)/t24-/m1/s1. The lowest BCUT2D eigenvalue weighted by atomic mass is 9.96. The van der Waals surface area contributed by atoms with E-state index in [0.717, 1.165) is 34.8 Å². The maximum atomic E-state index is 13.0. The maximum absolute atomic E-state index is 13.0. The molecule has 4 aromatic rings. The van der Waals surface area contributed by atoms with Crippen LogP contribution >= 0.6 is 11.3 Å². The summed E-state index contributed by atoms with van der Waals surface area (Å²) >= 11 is 1.46. The van der Waals surface area contributed by atoms with Crippen molar-refractivity contribution in [2.24, 2.45) is 0 Å². The Morgan fingerprint density at radius 2 is 1.89 bits per heavy atom. The van der Waals surface area contributed by atoms with Crippen LogP contribution in [0.15, 0.2) is 60.1 Å². The summed E-state index contributed by atoms with van der Waals surface area (Å²) in [6.07, 6.45) is 2.41. The van der Waals surface area contributed by atoms with Crippen molar-refractivity contribution in [1.29, 1.82) is 0 Å². The molecule has 1 atom stereocenters. The van der Waals surface area contributed by atoms with Gasteiger partial charge in [0.15, 0.2) is 5.82 Å². The third kappa shape index (κ3) is 5.66. The van der Waals surface area contributed by atoms with Crippen molar-refractivity contribution in [1.82, 2.24) is 24.6 Å². The monoisotopic (exact) mass is 530 g/mol. The molecule has 0 unspecified atom stereocenters. The summed E-state index contributed by atoms with van der Waals surface area (Å²) in [5.74, 6) is 0.176. The van der Waals surface area contributed by atoms with E-state index in [0.29, 0.717) is 36.7 Å². The quantitative estimate of drug-likeness (QED) is 0.375. The average Bonchev–Trinajstić information content (AvgIpc) is 3.55. The number of hydrogen-bond donors (Lipinski definition) is 2. The van der Waals surface area contributed by atoms with Gasteiger partial charge in [-0.15, -0.1) is 11.3 Å². The lowest BCUT2D eigenvalue weighted by molar-refractivity contribution is -0.141. The van der Waals surface area contributed by atoms with E-state index in [1.54, 1.807) is 33.3 Å². The van der Waals surface area contributed by atoms with Crippen LogP contribution in [0.1, 0.15) is 51.2 Å². The van der Waals surface area contributed by atoms with Crippen LogP contribution in [0.2, 0.25) is 0 Å². The molecular formula is C28H30N6O3S. The Morgan fingerprint density at radius 3 is 2.61 bits per heavy atom.